The molecule has 0 aromatic carbocycles. The summed E-state index contributed by atoms with van der Waals surface area (Å²) in [5.74, 6) is 2.87. The molecule has 0 atom stereocenters. The smallest absolute Gasteiger partial charge is 0.0648 e. The van der Waals surface area contributed by atoms with E-state index < -0.39 is 0 Å². The van der Waals surface area contributed by atoms with Crippen molar-refractivity contribution in [3.8, 4) is 0 Å². The Morgan fingerprint density at radius 3 is 2.09 bits per heavy atom. The second-order valence-electron chi connectivity index (χ2n) is 7.84. The van der Waals surface area contributed by atoms with Crippen LogP contribution >= 0.6 is 0 Å². The summed E-state index contributed by atoms with van der Waals surface area (Å²) in [4.78, 5) is 0. The molecule has 23 heavy (non-hydrogen) atoms. The minimum Gasteiger partial charge on any atom is -0.374 e. The van der Waals surface area contributed by atoms with Crippen molar-refractivity contribution < 1.29 is 4.74 Å². The molecule has 0 aromatic heterocycles. The Hall–Kier alpha value is -0.560. The molecule has 2 aliphatic carbocycles. The van der Waals surface area contributed by atoms with Gasteiger partial charge in [-0.3, -0.25) is 0 Å². The summed E-state index contributed by atoms with van der Waals surface area (Å²) in [7, 11) is 0. The molecule has 0 saturated heterocycles. The van der Waals surface area contributed by atoms with Gasteiger partial charge in [-0.1, -0.05) is 44.4 Å². The fourth-order valence-corrected chi connectivity index (χ4v) is 4.39. The van der Waals surface area contributed by atoms with E-state index in [2.05, 4.69) is 25.7 Å². The highest BCUT2D eigenvalue weighted by Crippen LogP contribution is 2.36. The quantitative estimate of drug-likeness (QED) is 0.430. The molecule has 2 rings (SSSR count). The highest BCUT2D eigenvalue weighted by molar-refractivity contribution is 4.91. The van der Waals surface area contributed by atoms with Crippen molar-refractivity contribution in [3.63, 3.8) is 0 Å². The molecule has 2 aliphatic rings. The van der Waals surface area contributed by atoms with Crippen molar-refractivity contribution in [1.82, 2.24) is 0 Å². The lowest BCUT2D eigenvalue weighted by Crippen LogP contribution is -2.22. The molecule has 1 heteroatoms. The van der Waals surface area contributed by atoms with E-state index >= 15 is 0 Å². The maximum atomic E-state index is 5.80. The van der Waals surface area contributed by atoms with Crippen molar-refractivity contribution in [2.45, 2.75) is 90.1 Å². The number of unbranched alkanes of at least 4 members (excludes halogenated alkanes) is 1. The second-order valence-corrected chi connectivity index (χ2v) is 7.84. The van der Waals surface area contributed by atoms with Gasteiger partial charge in [0.15, 0.2) is 0 Å². The summed E-state index contributed by atoms with van der Waals surface area (Å²) >= 11 is 0. The zero-order valence-corrected chi connectivity index (χ0v) is 15.3. The van der Waals surface area contributed by atoms with Crippen LogP contribution in [-0.4, -0.2) is 12.7 Å². The monoisotopic (exact) mass is 318 g/mol. The minimum atomic E-state index is 0.509. The van der Waals surface area contributed by atoms with Gasteiger partial charge in [0.2, 0.25) is 0 Å². The largest absolute Gasteiger partial charge is 0.374 e. The maximum absolute atomic E-state index is 5.80. The van der Waals surface area contributed by atoms with Crippen molar-refractivity contribution in [3.05, 3.63) is 24.8 Å². The number of rotatable bonds is 9. The first-order valence-electron chi connectivity index (χ1n) is 10.2. The average molecular weight is 319 g/mol. The van der Waals surface area contributed by atoms with Gasteiger partial charge in [0.1, 0.15) is 0 Å². The Kier molecular flexibility index (Phi) is 9.04. The molecule has 1 nitrogen and oxygen atoms in total. The Bertz CT molecular complexity index is 330. The lowest BCUT2D eigenvalue weighted by molar-refractivity contribution is 0.0327. The first kappa shape index (κ1) is 18.8. The van der Waals surface area contributed by atoms with Crippen LogP contribution in [-0.2, 0) is 4.74 Å². The highest BCUT2D eigenvalue weighted by Gasteiger charge is 2.24. The number of allylic oxidation sites excluding steroid dienone is 2. The van der Waals surface area contributed by atoms with Gasteiger partial charge in [0.05, 0.1) is 12.7 Å². The van der Waals surface area contributed by atoms with Gasteiger partial charge in [-0.05, 0) is 75.5 Å². The molecule has 0 amide bonds. The lowest BCUT2D eigenvalue weighted by Gasteiger charge is -2.31. The predicted octanol–water partition coefficient (Wildman–Crippen LogP) is 6.69. The first-order chi connectivity index (χ1) is 11.3. The van der Waals surface area contributed by atoms with E-state index in [9.17, 15) is 0 Å². The Balaban J connectivity index is 1.55. The molecule has 0 radical (unpaired) electrons. The van der Waals surface area contributed by atoms with Gasteiger partial charge in [0.25, 0.3) is 0 Å². The van der Waals surface area contributed by atoms with E-state index in [1.165, 1.54) is 77.0 Å². The SMILES string of the molecule is C=CCOC1CCC(CCC2CCC(C=CCCC)CC2)CC1. The van der Waals surface area contributed by atoms with Crippen LogP contribution in [0.4, 0.5) is 0 Å². The van der Waals surface area contributed by atoms with Crippen LogP contribution in [0.25, 0.3) is 0 Å². The third kappa shape index (κ3) is 7.25. The molecule has 2 saturated carbocycles. The van der Waals surface area contributed by atoms with Gasteiger partial charge in [-0.2, -0.15) is 0 Å². The molecule has 0 unspecified atom stereocenters. The van der Waals surface area contributed by atoms with Crippen LogP contribution < -0.4 is 0 Å². The molecule has 0 aliphatic heterocycles. The lowest BCUT2D eigenvalue weighted by atomic mass is 9.77. The summed E-state index contributed by atoms with van der Waals surface area (Å²) < 4.78 is 5.80. The fourth-order valence-electron chi connectivity index (χ4n) is 4.39. The third-order valence-electron chi connectivity index (χ3n) is 5.98. The van der Waals surface area contributed by atoms with E-state index in [-0.39, 0.29) is 0 Å². The highest BCUT2D eigenvalue weighted by atomic mass is 16.5. The molecule has 0 bridgehead atoms. The topological polar surface area (TPSA) is 9.23 Å². The second kappa shape index (κ2) is 11.1. The van der Waals surface area contributed by atoms with Crippen LogP contribution in [0, 0.1) is 17.8 Å². The van der Waals surface area contributed by atoms with Gasteiger partial charge in [-0.15, -0.1) is 6.58 Å². The molecular weight excluding hydrogens is 280 g/mol. The van der Waals surface area contributed by atoms with E-state index in [0.29, 0.717) is 6.10 Å². The van der Waals surface area contributed by atoms with E-state index in [1.54, 1.807) is 0 Å². The van der Waals surface area contributed by atoms with Crippen molar-refractivity contribution >= 4 is 0 Å². The van der Waals surface area contributed by atoms with Crippen LogP contribution in [0.2, 0.25) is 0 Å². The van der Waals surface area contributed by atoms with E-state index in [1.807, 2.05) is 6.08 Å². The van der Waals surface area contributed by atoms with Gasteiger partial charge in [0, 0.05) is 0 Å². The standard InChI is InChI=1S/C22H38O/c1-3-5-6-7-19-8-10-20(11-9-19)12-13-21-14-16-22(17-15-21)23-18-4-2/h4,6-7,19-22H,2-3,5,8-18H2,1H3. The molecule has 0 spiro atoms. The van der Waals surface area contributed by atoms with Crippen LogP contribution in [0.3, 0.4) is 0 Å². The fraction of sp³-hybridized carbons (Fsp3) is 0.818. The van der Waals surface area contributed by atoms with Gasteiger partial charge < -0.3 is 4.74 Å². The normalized spacial score (nSPS) is 32.2. The van der Waals surface area contributed by atoms with Crippen LogP contribution in [0.1, 0.15) is 84.0 Å². The molecule has 0 heterocycles. The van der Waals surface area contributed by atoms with E-state index in [0.717, 1.165) is 24.4 Å². The molecule has 132 valence electrons. The number of hydrogen-bond acceptors (Lipinski definition) is 1. The number of hydrogen-bond donors (Lipinski definition) is 0. The summed E-state index contributed by atoms with van der Waals surface area (Å²) in [6, 6.07) is 0. The number of ether oxygens (including phenoxy) is 1. The van der Waals surface area contributed by atoms with Gasteiger partial charge in [-0.25, -0.2) is 0 Å². The average Bonchev–Trinajstić information content (AvgIpc) is 2.60. The maximum Gasteiger partial charge on any atom is 0.0648 e. The molecule has 2 fully saturated rings. The molecule has 0 N–H and O–H groups in total. The zero-order chi connectivity index (χ0) is 16.3. The van der Waals surface area contributed by atoms with Crippen molar-refractivity contribution in [2.24, 2.45) is 17.8 Å². The summed E-state index contributed by atoms with van der Waals surface area (Å²) in [5.41, 5.74) is 0. The molecular formula is C22H38O. The van der Waals surface area contributed by atoms with Crippen LogP contribution in [0.5, 0.6) is 0 Å². The van der Waals surface area contributed by atoms with Gasteiger partial charge >= 0.3 is 0 Å². The Morgan fingerprint density at radius 2 is 1.52 bits per heavy atom. The van der Waals surface area contributed by atoms with Crippen LogP contribution in [0.15, 0.2) is 24.8 Å². The third-order valence-corrected chi connectivity index (χ3v) is 5.98. The minimum absolute atomic E-state index is 0.509. The molecule has 0 aromatic rings. The summed E-state index contributed by atoms with van der Waals surface area (Å²) in [5, 5.41) is 0. The van der Waals surface area contributed by atoms with Crippen molar-refractivity contribution in [2.75, 3.05) is 6.61 Å². The van der Waals surface area contributed by atoms with Crippen molar-refractivity contribution in [1.29, 1.82) is 0 Å². The Morgan fingerprint density at radius 1 is 0.913 bits per heavy atom. The summed E-state index contributed by atoms with van der Waals surface area (Å²) in [6.45, 7) is 6.73. The summed E-state index contributed by atoms with van der Waals surface area (Å²) in [6.07, 6.45) is 23.9. The Labute approximate surface area is 144 Å². The first-order valence-corrected chi connectivity index (χ1v) is 10.2. The zero-order valence-electron chi connectivity index (χ0n) is 15.3. The predicted molar refractivity (Wildman–Crippen MR) is 101 cm³/mol. The van der Waals surface area contributed by atoms with E-state index in [4.69, 9.17) is 4.74 Å².